The highest BCUT2D eigenvalue weighted by molar-refractivity contribution is 7.98. The van der Waals surface area contributed by atoms with Crippen LogP contribution in [-0.2, 0) is 0 Å². The normalized spacial score (nSPS) is 10.8. The Morgan fingerprint density at radius 2 is 1.95 bits per heavy atom. The molecular weight excluding hydrogens is 258 g/mol. The van der Waals surface area contributed by atoms with Gasteiger partial charge in [0.15, 0.2) is 5.58 Å². The Balaban J connectivity index is 1.87. The van der Waals surface area contributed by atoms with Crippen molar-refractivity contribution in [2.24, 2.45) is 0 Å². The Bertz CT molecular complexity index is 706. The number of benzene rings is 2. The lowest BCUT2D eigenvalue weighted by Crippen LogP contribution is -1.89. The van der Waals surface area contributed by atoms with Gasteiger partial charge in [-0.2, -0.15) is 4.98 Å². The summed E-state index contributed by atoms with van der Waals surface area (Å²) in [7, 11) is 0. The van der Waals surface area contributed by atoms with E-state index in [1.807, 2.05) is 36.6 Å². The standard InChI is InChI=1S/C14H13N3OS/c1-19-11-5-3-10(4-6-11)16-14-17-12-8-9(15)2-7-13(12)18-14/h2-8H,15H2,1H3,(H,16,17). The van der Waals surface area contributed by atoms with Gasteiger partial charge in [0.1, 0.15) is 5.52 Å². The molecule has 1 aromatic heterocycles. The molecule has 0 amide bonds. The molecule has 96 valence electrons. The number of aromatic nitrogens is 1. The first kappa shape index (κ1) is 11.9. The molecular formula is C14H13N3OS. The summed E-state index contributed by atoms with van der Waals surface area (Å²) in [4.78, 5) is 5.57. The van der Waals surface area contributed by atoms with E-state index in [0.717, 1.165) is 16.8 Å². The highest BCUT2D eigenvalue weighted by Crippen LogP contribution is 2.24. The Hall–Kier alpha value is -2.14. The average Bonchev–Trinajstić information content (AvgIpc) is 2.81. The molecule has 0 spiro atoms. The number of oxazole rings is 1. The Morgan fingerprint density at radius 1 is 1.16 bits per heavy atom. The molecule has 0 atom stereocenters. The van der Waals surface area contributed by atoms with E-state index in [2.05, 4.69) is 10.3 Å². The van der Waals surface area contributed by atoms with E-state index in [-0.39, 0.29) is 0 Å². The lowest BCUT2D eigenvalue weighted by atomic mass is 10.3. The molecule has 0 fully saturated rings. The highest BCUT2D eigenvalue weighted by atomic mass is 32.2. The lowest BCUT2D eigenvalue weighted by Gasteiger charge is -2.02. The van der Waals surface area contributed by atoms with Crippen molar-refractivity contribution in [2.75, 3.05) is 17.3 Å². The molecule has 0 aliphatic heterocycles. The molecule has 5 heteroatoms. The molecule has 0 radical (unpaired) electrons. The summed E-state index contributed by atoms with van der Waals surface area (Å²) < 4.78 is 5.60. The van der Waals surface area contributed by atoms with E-state index in [9.17, 15) is 0 Å². The number of fused-ring (bicyclic) bond motifs is 1. The summed E-state index contributed by atoms with van der Waals surface area (Å²) >= 11 is 1.71. The van der Waals surface area contributed by atoms with Crippen molar-refractivity contribution in [1.82, 2.24) is 4.98 Å². The van der Waals surface area contributed by atoms with Gasteiger partial charge in [-0.15, -0.1) is 11.8 Å². The first-order chi connectivity index (χ1) is 9.24. The fourth-order valence-corrected chi connectivity index (χ4v) is 2.20. The van der Waals surface area contributed by atoms with Gasteiger partial charge < -0.3 is 15.5 Å². The molecule has 1 heterocycles. The third-order valence-corrected chi connectivity index (χ3v) is 3.50. The fourth-order valence-electron chi connectivity index (χ4n) is 1.80. The third kappa shape index (κ3) is 2.51. The van der Waals surface area contributed by atoms with Crippen molar-refractivity contribution in [3.05, 3.63) is 42.5 Å². The Kier molecular flexibility index (Phi) is 3.05. The fraction of sp³-hybridized carbons (Fsp3) is 0.0714. The summed E-state index contributed by atoms with van der Waals surface area (Å²) in [5.41, 5.74) is 8.81. The lowest BCUT2D eigenvalue weighted by molar-refractivity contribution is 0.623. The molecule has 0 saturated carbocycles. The van der Waals surface area contributed by atoms with E-state index in [4.69, 9.17) is 10.2 Å². The minimum Gasteiger partial charge on any atom is -0.423 e. The number of nitrogens with two attached hydrogens (primary N) is 1. The second-order valence-electron chi connectivity index (χ2n) is 4.10. The number of rotatable bonds is 3. The Labute approximate surface area is 115 Å². The zero-order valence-corrected chi connectivity index (χ0v) is 11.2. The van der Waals surface area contributed by atoms with Gasteiger partial charge in [0, 0.05) is 16.3 Å². The van der Waals surface area contributed by atoms with Crippen LogP contribution in [-0.4, -0.2) is 11.2 Å². The number of anilines is 3. The van der Waals surface area contributed by atoms with Crippen molar-refractivity contribution in [3.63, 3.8) is 0 Å². The minimum absolute atomic E-state index is 0.470. The van der Waals surface area contributed by atoms with E-state index in [1.165, 1.54) is 4.90 Å². The van der Waals surface area contributed by atoms with Gasteiger partial charge in [-0.05, 0) is 48.7 Å². The second kappa shape index (κ2) is 4.85. The predicted octanol–water partition coefficient (Wildman–Crippen LogP) is 3.88. The summed E-state index contributed by atoms with van der Waals surface area (Å²) in [5, 5.41) is 3.14. The molecule has 19 heavy (non-hydrogen) atoms. The van der Waals surface area contributed by atoms with Crippen molar-refractivity contribution < 1.29 is 4.42 Å². The molecule has 0 saturated heterocycles. The van der Waals surface area contributed by atoms with Gasteiger partial charge in [-0.1, -0.05) is 0 Å². The smallest absolute Gasteiger partial charge is 0.300 e. The topological polar surface area (TPSA) is 64.1 Å². The first-order valence-electron chi connectivity index (χ1n) is 5.82. The minimum atomic E-state index is 0.470. The zero-order valence-electron chi connectivity index (χ0n) is 10.4. The monoisotopic (exact) mass is 271 g/mol. The molecule has 3 N–H and O–H groups in total. The Morgan fingerprint density at radius 3 is 2.68 bits per heavy atom. The highest BCUT2D eigenvalue weighted by Gasteiger charge is 2.06. The second-order valence-corrected chi connectivity index (χ2v) is 4.98. The van der Waals surface area contributed by atoms with Crippen molar-refractivity contribution in [1.29, 1.82) is 0 Å². The van der Waals surface area contributed by atoms with Crippen LogP contribution in [0.1, 0.15) is 0 Å². The summed E-state index contributed by atoms with van der Waals surface area (Å²) in [6, 6.07) is 14.0. The number of thioether (sulfide) groups is 1. The predicted molar refractivity (Wildman–Crippen MR) is 79.9 cm³/mol. The van der Waals surface area contributed by atoms with E-state index < -0.39 is 0 Å². The quantitative estimate of drug-likeness (QED) is 0.559. The van der Waals surface area contributed by atoms with Crippen LogP contribution < -0.4 is 11.1 Å². The van der Waals surface area contributed by atoms with E-state index in [0.29, 0.717) is 11.7 Å². The first-order valence-corrected chi connectivity index (χ1v) is 7.04. The number of hydrogen-bond acceptors (Lipinski definition) is 5. The zero-order chi connectivity index (χ0) is 13.2. The summed E-state index contributed by atoms with van der Waals surface area (Å²) in [6.07, 6.45) is 2.05. The molecule has 3 aromatic rings. The molecule has 4 nitrogen and oxygen atoms in total. The van der Waals surface area contributed by atoms with Gasteiger partial charge in [0.25, 0.3) is 6.01 Å². The van der Waals surface area contributed by atoms with Crippen LogP contribution >= 0.6 is 11.8 Å². The maximum atomic E-state index is 5.71. The van der Waals surface area contributed by atoms with Crippen LogP contribution in [0.2, 0.25) is 0 Å². The van der Waals surface area contributed by atoms with Crippen LogP contribution in [0.5, 0.6) is 0 Å². The van der Waals surface area contributed by atoms with Gasteiger partial charge >= 0.3 is 0 Å². The number of nitrogen functional groups attached to an aromatic ring is 1. The van der Waals surface area contributed by atoms with Gasteiger partial charge in [-0.25, -0.2) is 0 Å². The van der Waals surface area contributed by atoms with Crippen LogP contribution in [0.4, 0.5) is 17.4 Å². The van der Waals surface area contributed by atoms with Crippen LogP contribution in [0.3, 0.4) is 0 Å². The van der Waals surface area contributed by atoms with Gasteiger partial charge in [0.05, 0.1) is 0 Å². The summed E-state index contributed by atoms with van der Waals surface area (Å²) in [5.74, 6) is 0. The maximum Gasteiger partial charge on any atom is 0.300 e. The molecule has 0 aliphatic carbocycles. The van der Waals surface area contributed by atoms with Crippen LogP contribution in [0.15, 0.2) is 51.8 Å². The van der Waals surface area contributed by atoms with Gasteiger partial charge in [0.2, 0.25) is 0 Å². The van der Waals surface area contributed by atoms with Crippen molar-refractivity contribution in [2.45, 2.75) is 4.90 Å². The maximum absolute atomic E-state index is 5.71. The molecule has 0 unspecified atom stereocenters. The third-order valence-electron chi connectivity index (χ3n) is 2.75. The molecule has 2 aromatic carbocycles. The van der Waals surface area contributed by atoms with Gasteiger partial charge in [-0.3, -0.25) is 0 Å². The van der Waals surface area contributed by atoms with Crippen LogP contribution in [0, 0.1) is 0 Å². The SMILES string of the molecule is CSc1ccc(Nc2nc3cc(N)ccc3o2)cc1. The summed E-state index contributed by atoms with van der Waals surface area (Å²) in [6.45, 7) is 0. The largest absolute Gasteiger partial charge is 0.423 e. The van der Waals surface area contributed by atoms with Crippen LogP contribution in [0.25, 0.3) is 11.1 Å². The van der Waals surface area contributed by atoms with Crippen molar-refractivity contribution >= 4 is 40.3 Å². The van der Waals surface area contributed by atoms with E-state index >= 15 is 0 Å². The molecule has 0 aliphatic rings. The molecule has 3 rings (SSSR count). The number of nitrogens with one attached hydrogen (secondary N) is 1. The van der Waals surface area contributed by atoms with Crippen molar-refractivity contribution in [3.8, 4) is 0 Å². The molecule has 0 bridgehead atoms. The number of nitrogens with zero attached hydrogens (tertiary/aromatic N) is 1. The number of hydrogen-bond donors (Lipinski definition) is 2. The average molecular weight is 271 g/mol. The van der Waals surface area contributed by atoms with E-state index in [1.54, 1.807) is 23.9 Å².